The van der Waals surface area contributed by atoms with Gasteiger partial charge in [-0.2, -0.15) is 0 Å². The van der Waals surface area contributed by atoms with Crippen LogP contribution in [0.25, 0.3) is 0 Å². The van der Waals surface area contributed by atoms with Gasteiger partial charge in [0.05, 0.1) is 10.7 Å². The molecule has 0 saturated carbocycles. The van der Waals surface area contributed by atoms with Gasteiger partial charge in [-0.1, -0.05) is 11.6 Å². The molecule has 2 rings (SSSR count). The molecule has 0 spiro atoms. The van der Waals surface area contributed by atoms with Gasteiger partial charge in [-0.25, -0.2) is 9.37 Å². The zero-order valence-electron chi connectivity index (χ0n) is 8.95. The highest BCUT2D eigenvalue weighted by atomic mass is 79.9. The summed E-state index contributed by atoms with van der Waals surface area (Å²) in [6.45, 7) is 0. The topological polar surface area (TPSA) is 42.0 Å². The number of anilines is 1. The summed E-state index contributed by atoms with van der Waals surface area (Å²) in [6, 6.07) is 7.08. The molecule has 2 aromatic rings. The maximum Gasteiger partial charge on any atom is 0.274 e. The summed E-state index contributed by atoms with van der Waals surface area (Å²) in [6.07, 6.45) is 1.37. The van der Waals surface area contributed by atoms with E-state index in [9.17, 15) is 9.18 Å². The van der Waals surface area contributed by atoms with E-state index >= 15 is 0 Å². The Bertz CT molecular complexity index is 589. The standard InChI is InChI=1S/C12H7BrClFN2O/c13-9-3-2-8(15)5-11(9)17-12(18)10-4-1-7(14)6-16-10/h1-6H,(H,17,18). The fourth-order valence-electron chi connectivity index (χ4n) is 1.29. The van der Waals surface area contributed by atoms with Crippen molar-refractivity contribution in [3.63, 3.8) is 0 Å². The second-order valence-corrected chi connectivity index (χ2v) is 4.73. The van der Waals surface area contributed by atoms with Gasteiger partial charge in [-0.3, -0.25) is 4.79 Å². The predicted molar refractivity (Wildman–Crippen MR) is 71.3 cm³/mol. The SMILES string of the molecule is O=C(Nc1cc(F)ccc1Br)c1ccc(Cl)cn1. The van der Waals surface area contributed by atoms with Crippen molar-refractivity contribution in [1.29, 1.82) is 0 Å². The smallest absolute Gasteiger partial charge is 0.274 e. The Balaban J connectivity index is 2.21. The van der Waals surface area contributed by atoms with Gasteiger partial charge in [-0.05, 0) is 46.3 Å². The van der Waals surface area contributed by atoms with Crippen LogP contribution in [0, 0.1) is 5.82 Å². The van der Waals surface area contributed by atoms with E-state index in [4.69, 9.17) is 11.6 Å². The minimum absolute atomic E-state index is 0.204. The average Bonchev–Trinajstić information content (AvgIpc) is 2.34. The Morgan fingerprint density at radius 3 is 2.78 bits per heavy atom. The highest BCUT2D eigenvalue weighted by Gasteiger charge is 2.10. The van der Waals surface area contributed by atoms with Gasteiger partial charge in [0.25, 0.3) is 5.91 Å². The second kappa shape index (κ2) is 5.46. The summed E-state index contributed by atoms with van der Waals surface area (Å²) >= 11 is 8.89. The number of hydrogen-bond donors (Lipinski definition) is 1. The van der Waals surface area contributed by atoms with Crippen molar-refractivity contribution in [3.05, 3.63) is 57.5 Å². The molecule has 92 valence electrons. The molecule has 0 bridgehead atoms. The zero-order valence-corrected chi connectivity index (χ0v) is 11.3. The maximum atomic E-state index is 13.0. The van der Waals surface area contributed by atoms with Crippen molar-refractivity contribution in [1.82, 2.24) is 4.98 Å². The van der Waals surface area contributed by atoms with Gasteiger partial charge in [0, 0.05) is 10.7 Å². The lowest BCUT2D eigenvalue weighted by Gasteiger charge is -2.06. The Hall–Kier alpha value is -1.46. The number of carbonyl (C=O) groups excluding carboxylic acids is 1. The minimum Gasteiger partial charge on any atom is -0.320 e. The molecule has 3 nitrogen and oxygen atoms in total. The third-order valence-electron chi connectivity index (χ3n) is 2.14. The van der Waals surface area contributed by atoms with Gasteiger partial charge in [0.1, 0.15) is 11.5 Å². The van der Waals surface area contributed by atoms with E-state index in [-0.39, 0.29) is 5.69 Å². The minimum atomic E-state index is -0.433. The first-order valence-corrected chi connectivity index (χ1v) is 6.11. The van der Waals surface area contributed by atoms with E-state index in [0.717, 1.165) is 0 Å². The molecular weight excluding hydrogens is 322 g/mol. The lowest BCUT2D eigenvalue weighted by Crippen LogP contribution is -2.13. The largest absolute Gasteiger partial charge is 0.320 e. The molecule has 0 radical (unpaired) electrons. The van der Waals surface area contributed by atoms with Gasteiger partial charge in [-0.15, -0.1) is 0 Å². The van der Waals surface area contributed by atoms with Crippen LogP contribution in [0.2, 0.25) is 5.02 Å². The summed E-state index contributed by atoms with van der Waals surface area (Å²) in [5.41, 5.74) is 0.548. The molecule has 0 atom stereocenters. The summed E-state index contributed by atoms with van der Waals surface area (Å²) in [4.78, 5) is 15.7. The highest BCUT2D eigenvalue weighted by molar-refractivity contribution is 9.10. The third kappa shape index (κ3) is 3.05. The van der Waals surface area contributed by atoms with E-state index in [1.165, 1.54) is 30.5 Å². The van der Waals surface area contributed by atoms with Crippen LogP contribution < -0.4 is 5.32 Å². The molecule has 0 saturated heterocycles. The van der Waals surface area contributed by atoms with Crippen molar-refractivity contribution >= 4 is 39.1 Å². The van der Waals surface area contributed by atoms with E-state index in [1.54, 1.807) is 6.07 Å². The van der Waals surface area contributed by atoms with Crippen LogP contribution in [0.15, 0.2) is 41.0 Å². The van der Waals surface area contributed by atoms with E-state index in [0.29, 0.717) is 15.2 Å². The van der Waals surface area contributed by atoms with Crippen LogP contribution in [0.1, 0.15) is 10.5 Å². The van der Waals surface area contributed by atoms with Crippen molar-refractivity contribution < 1.29 is 9.18 Å². The molecule has 6 heteroatoms. The molecule has 1 N–H and O–H groups in total. The molecule has 1 amide bonds. The molecule has 0 fully saturated rings. The Morgan fingerprint density at radius 2 is 2.11 bits per heavy atom. The lowest BCUT2D eigenvalue weighted by atomic mass is 10.3. The molecule has 0 unspecified atom stereocenters. The lowest BCUT2D eigenvalue weighted by molar-refractivity contribution is 0.102. The van der Waals surface area contributed by atoms with Gasteiger partial charge in [0.2, 0.25) is 0 Å². The molecule has 1 heterocycles. The Labute approximate surface area is 116 Å². The van der Waals surface area contributed by atoms with Crippen LogP contribution in [0.3, 0.4) is 0 Å². The van der Waals surface area contributed by atoms with Gasteiger partial charge >= 0.3 is 0 Å². The van der Waals surface area contributed by atoms with Crippen LogP contribution in [0.5, 0.6) is 0 Å². The number of carbonyl (C=O) groups is 1. The first kappa shape index (κ1) is 13.0. The van der Waals surface area contributed by atoms with Crippen LogP contribution >= 0.6 is 27.5 Å². The van der Waals surface area contributed by atoms with Gasteiger partial charge < -0.3 is 5.32 Å². The van der Waals surface area contributed by atoms with Crippen LogP contribution in [-0.2, 0) is 0 Å². The van der Waals surface area contributed by atoms with Crippen LogP contribution in [-0.4, -0.2) is 10.9 Å². The zero-order chi connectivity index (χ0) is 13.1. The van der Waals surface area contributed by atoms with E-state index < -0.39 is 11.7 Å². The Morgan fingerprint density at radius 1 is 1.33 bits per heavy atom. The molecule has 0 aliphatic rings. The summed E-state index contributed by atoms with van der Waals surface area (Å²) in [7, 11) is 0. The fraction of sp³-hybridized carbons (Fsp3) is 0. The molecular formula is C12H7BrClFN2O. The molecule has 0 aliphatic heterocycles. The molecule has 18 heavy (non-hydrogen) atoms. The second-order valence-electron chi connectivity index (χ2n) is 3.44. The number of nitrogens with zero attached hydrogens (tertiary/aromatic N) is 1. The number of amides is 1. The molecule has 1 aromatic heterocycles. The first-order chi connectivity index (χ1) is 8.56. The highest BCUT2D eigenvalue weighted by Crippen LogP contribution is 2.23. The summed E-state index contributed by atoms with van der Waals surface area (Å²) in [5.74, 6) is -0.865. The predicted octanol–water partition coefficient (Wildman–Crippen LogP) is 3.89. The molecule has 1 aromatic carbocycles. The number of benzene rings is 1. The Kier molecular flexibility index (Phi) is 3.93. The number of aromatic nitrogens is 1. The van der Waals surface area contributed by atoms with Crippen molar-refractivity contribution in [3.8, 4) is 0 Å². The number of hydrogen-bond acceptors (Lipinski definition) is 2. The normalized spacial score (nSPS) is 10.2. The molecule has 0 aliphatic carbocycles. The number of rotatable bonds is 2. The van der Waals surface area contributed by atoms with E-state index in [2.05, 4.69) is 26.2 Å². The maximum absolute atomic E-state index is 13.0. The van der Waals surface area contributed by atoms with Crippen molar-refractivity contribution in [2.45, 2.75) is 0 Å². The van der Waals surface area contributed by atoms with Crippen LogP contribution in [0.4, 0.5) is 10.1 Å². The number of pyridine rings is 1. The quantitative estimate of drug-likeness (QED) is 0.908. The fourth-order valence-corrected chi connectivity index (χ4v) is 1.75. The monoisotopic (exact) mass is 328 g/mol. The van der Waals surface area contributed by atoms with Crippen molar-refractivity contribution in [2.75, 3.05) is 5.32 Å². The number of halogens is 3. The van der Waals surface area contributed by atoms with Crippen molar-refractivity contribution in [2.24, 2.45) is 0 Å². The van der Waals surface area contributed by atoms with Gasteiger partial charge in [0.15, 0.2) is 0 Å². The summed E-state index contributed by atoms with van der Waals surface area (Å²) < 4.78 is 13.6. The third-order valence-corrected chi connectivity index (χ3v) is 3.05. The summed E-state index contributed by atoms with van der Waals surface area (Å²) in [5, 5.41) is 3.00. The number of nitrogens with one attached hydrogen (secondary N) is 1. The average molecular weight is 330 g/mol. The van der Waals surface area contributed by atoms with E-state index in [1.807, 2.05) is 0 Å². The first-order valence-electron chi connectivity index (χ1n) is 4.94.